The maximum Gasteiger partial charge on any atom is 0.234 e. The molecule has 1 saturated heterocycles. The van der Waals surface area contributed by atoms with Crippen molar-refractivity contribution < 1.29 is 9.18 Å². The topological polar surface area (TPSA) is 44.4 Å². The summed E-state index contributed by atoms with van der Waals surface area (Å²) in [6, 6.07) is 4.66. The van der Waals surface area contributed by atoms with E-state index in [1.54, 1.807) is 13.1 Å². The quantitative estimate of drug-likeness (QED) is 0.871. The summed E-state index contributed by atoms with van der Waals surface area (Å²) in [5.41, 5.74) is 0.917. The van der Waals surface area contributed by atoms with Crippen molar-refractivity contribution in [3.05, 3.63) is 34.6 Å². The Morgan fingerprint density at radius 3 is 3.05 bits per heavy atom. The lowest BCUT2D eigenvalue weighted by Gasteiger charge is -2.33. The van der Waals surface area contributed by atoms with Crippen molar-refractivity contribution in [2.75, 3.05) is 26.7 Å². The maximum absolute atomic E-state index is 13.1. The van der Waals surface area contributed by atoms with Gasteiger partial charge in [-0.1, -0.05) is 17.7 Å². The SMILES string of the molecule is CNCC(=O)N[C@@H]1CCCN(Cc2ccc(F)cc2Cl)C1. The molecule has 21 heavy (non-hydrogen) atoms. The van der Waals surface area contributed by atoms with Crippen LogP contribution in [0, 0.1) is 5.82 Å². The lowest BCUT2D eigenvalue weighted by atomic mass is 10.0. The first-order valence-corrected chi connectivity index (χ1v) is 7.56. The second-order valence-electron chi connectivity index (χ2n) is 5.41. The van der Waals surface area contributed by atoms with Gasteiger partial charge in [0.25, 0.3) is 0 Å². The van der Waals surface area contributed by atoms with Gasteiger partial charge in [0.15, 0.2) is 0 Å². The van der Waals surface area contributed by atoms with Crippen LogP contribution in [0.3, 0.4) is 0 Å². The zero-order valence-electron chi connectivity index (χ0n) is 12.2. The van der Waals surface area contributed by atoms with Gasteiger partial charge in [-0.2, -0.15) is 0 Å². The summed E-state index contributed by atoms with van der Waals surface area (Å²) in [4.78, 5) is 13.9. The van der Waals surface area contributed by atoms with Crippen LogP contribution in [-0.4, -0.2) is 43.5 Å². The van der Waals surface area contributed by atoms with Crippen molar-refractivity contribution in [2.45, 2.75) is 25.4 Å². The standard InChI is InChI=1S/C15H21ClFN3O/c1-18-8-15(21)19-13-3-2-6-20(10-13)9-11-4-5-12(17)7-14(11)16/h4-5,7,13,18H,2-3,6,8-10H2,1H3,(H,19,21)/t13-/m1/s1. The molecule has 1 aromatic rings. The minimum atomic E-state index is -0.320. The van der Waals surface area contributed by atoms with E-state index >= 15 is 0 Å². The van der Waals surface area contributed by atoms with E-state index in [1.165, 1.54) is 12.1 Å². The van der Waals surface area contributed by atoms with Crippen molar-refractivity contribution in [1.29, 1.82) is 0 Å². The number of likely N-dealkylation sites (N-methyl/N-ethyl adjacent to an activating group) is 1. The van der Waals surface area contributed by atoms with E-state index in [4.69, 9.17) is 11.6 Å². The molecule has 2 rings (SSSR count). The predicted octanol–water partition coefficient (Wildman–Crippen LogP) is 1.78. The third-order valence-corrected chi connectivity index (χ3v) is 3.97. The Kier molecular flexibility index (Phi) is 5.96. The first-order chi connectivity index (χ1) is 10.1. The summed E-state index contributed by atoms with van der Waals surface area (Å²) < 4.78 is 13.1. The second kappa shape index (κ2) is 7.73. The third-order valence-electron chi connectivity index (χ3n) is 3.62. The highest BCUT2D eigenvalue weighted by Crippen LogP contribution is 2.21. The van der Waals surface area contributed by atoms with Gasteiger partial charge >= 0.3 is 0 Å². The van der Waals surface area contributed by atoms with Gasteiger partial charge in [0, 0.05) is 24.2 Å². The van der Waals surface area contributed by atoms with Crippen LogP contribution in [0.25, 0.3) is 0 Å². The van der Waals surface area contributed by atoms with E-state index in [-0.39, 0.29) is 17.8 Å². The van der Waals surface area contributed by atoms with Gasteiger partial charge in [0.2, 0.25) is 5.91 Å². The normalized spacial score (nSPS) is 19.5. The van der Waals surface area contributed by atoms with E-state index in [1.807, 2.05) is 0 Å². The molecule has 4 nitrogen and oxygen atoms in total. The molecule has 1 aliphatic rings. The number of nitrogens with one attached hydrogen (secondary N) is 2. The smallest absolute Gasteiger partial charge is 0.234 e. The Hall–Kier alpha value is -1.17. The molecule has 1 aliphatic heterocycles. The van der Waals surface area contributed by atoms with Crippen LogP contribution in [0.4, 0.5) is 4.39 Å². The van der Waals surface area contributed by atoms with Crippen LogP contribution in [0.5, 0.6) is 0 Å². The number of benzene rings is 1. The molecule has 0 aliphatic carbocycles. The molecule has 0 saturated carbocycles. The number of carbonyl (C=O) groups excluding carboxylic acids is 1. The van der Waals surface area contributed by atoms with Gasteiger partial charge in [0.1, 0.15) is 5.82 Å². The number of carbonyl (C=O) groups is 1. The molecular weight excluding hydrogens is 293 g/mol. The third kappa shape index (κ3) is 4.95. The van der Waals surface area contributed by atoms with Crippen LogP contribution >= 0.6 is 11.6 Å². The summed E-state index contributed by atoms with van der Waals surface area (Å²) in [7, 11) is 1.75. The zero-order valence-corrected chi connectivity index (χ0v) is 12.9. The highest BCUT2D eigenvalue weighted by atomic mass is 35.5. The van der Waals surface area contributed by atoms with E-state index in [0.717, 1.165) is 31.5 Å². The number of likely N-dealkylation sites (tertiary alicyclic amines) is 1. The Morgan fingerprint density at radius 2 is 2.33 bits per heavy atom. The molecule has 2 N–H and O–H groups in total. The molecule has 0 aromatic heterocycles. The number of piperidine rings is 1. The number of nitrogens with zero attached hydrogens (tertiary/aromatic N) is 1. The van der Waals surface area contributed by atoms with Gasteiger partial charge in [-0.15, -0.1) is 0 Å². The monoisotopic (exact) mass is 313 g/mol. The van der Waals surface area contributed by atoms with Crippen LogP contribution in [0.2, 0.25) is 5.02 Å². The summed E-state index contributed by atoms with van der Waals surface area (Å²) in [6.07, 6.45) is 2.02. The lowest BCUT2D eigenvalue weighted by Crippen LogP contribution is -2.49. The number of rotatable bonds is 5. The first-order valence-electron chi connectivity index (χ1n) is 7.18. The predicted molar refractivity (Wildman–Crippen MR) is 81.8 cm³/mol. The van der Waals surface area contributed by atoms with E-state index in [0.29, 0.717) is 18.1 Å². The number of hydrogen-bond acceptors (Lipinski definition) is 3. The molecule has 0 radical (unpaired) electrons. The minimum Gasteiger partial charge on any atom is -0.351 e. The molecule has 1 amide bonds. The molecule has 0 bridgehead atoms. The average molecular weight is 314 g/mol. The summed E-state index contributed by atoms with van der Waals surface area (Å²) >= 11 is 6.07. The average Bonchev–Trinajstić information content (AvgIpc) is 2.42. The molecule has 0 spiro atoms. The molecular formula is C15H21ClFN3O. The van der Waals surface area contributed by atoms with Crippen LogP contribution < -0.4 is 10.6 Å². The van der Waals surface area contributed by atoms with Crippen molar-refractivity contribution >= 4 is 17.5 Å². The molecule has 116 valence electrons. The fourth-order valence-corrected chi connectivity index (χ4v) is 2.87. The van der Waals surface area contributed by atoms with Crippen LogP contribution in [-0.2, 0) is 11.3 Å². The summed E-state index contributed by atoms with van der Waals surface area (Å²) in [6.45, 7) is 2.77. The molecule has 0 unspecified atom stereocenters. The van der Waals surface area contributed by atoms with Gasteiger partial charge in [-0.05, 0) is 44.1 Å². The van der Waals surface area contributed by atoms with Crippen molar-refractivity contribution in [1.82, 2.24) is 15.5 Å². The number of amides is 1. The van der Waals surface area contributed by atoms with Gasteiger partial charge in [-0.25, -0.2) is 4.39 Å². The van der Waals surface area contributed by atoms with E-state index in [2.05, 4.69) is 15.5 Å². The Balaban J connectivity index is 1.90. The van der Waals surface area contributed by atoms with Crippen molar-refractivity contribution in [3.8, 4) is 0 Å². The van der Waals surface area contributed by atoms with Crippen molar-refractivity contribution in [2.24, 2.45) is 0 Å². The Labute approximate surface area is 129 Å². The number of hydrogen-bond donors (Lipinski definition) is 2. The zero-order chi connectivity index (χ0) is 15.2. The molecule has 1 aromatic carbocycles. The molecule has 1 atom stereocenters. The second-order valence-corrected chi connectivity index (χ2v) is 5.82. The van der Waals surface area contributed by atoms with Crippen LogP contribution in [0.15, 0.2) is 18.2 Å². The fourth-order valence-electron chi connectivity index (χ4n) is 2.65. The van der Waals surface area contributed by atoms with Crippen molar-refractivity contribution in [3.63, 3.8) is 0 Å². The van der Waals surface area contributed by atoms with Gasteiger partial charge in [-0.3, -0.25) is 9.69 Å². The lowest BCUT2D eigenvalue weighted by molar-refractivity contribution is -0.121. The number of halogens is 2. The van der Waals surface area contributed by atoms with Gasteiger partial charge in [0.05, 0.1) is 6.54 Å². The fraction of sp³-hybridized carbons (Fsp3) is 0.533. The van der Waals surface area contributed by atoms with Crippen LogP contribution in [0.1, 0.15) is 18.4 Å². The Morgan fingerprint density at radius 1 is 1.52 bits per heavy atom. The largest absolute Gasteiger partial charge is 0.351 e. The summed E-state index contributed by atoms with van der Waals surface area (Å²) in [5.74, 6) is -0.302. The van der Waals surface area contributed by atoms with E-state index < -0.39 is 0 Å². The first kappa shape index (κ1) is 16.2. The molecule has 1 fully saturated rings. The highest BCUT2D eigenvalue weighted by molar-refractivity contribution is 6.31. The maximum atomic E-state index is 13.1. The summed E-state index contributed by atoms with van der Waals surface area (Å²) in [5, 5.41) is 6.32. The highest BCUT2D eigenvalue weighted by Gasteiger charge is 2.21. The minimum absolute atomic E-state index is 0.0177. The Bertz CT molecular complexity index is 498. The van der Waals surface area contributed by atoms with Gasteiger partial charge < -0.3 is 10.6 Å². The van der Waals surface area contributed by atoms with E-state index in [9.17, 15) is 9.18 Å². The molecule has 1 heterocycles. The molecule has 6 heteroatoms.